The van der Waals surface area contributed by atoms with Crippen molar-refractivity contribution in [3.8, 4) is 0 Å². The number of amides is 1. The minimum absolute atomic E-state index is 0.0298. The van der Waals surface area contributed by atoms with Crippen LogP contribution < -0.4 is 5.32 Å². The summed E-state index contributed by atoms with van der Waals surface area (Å²) in [6.45, 7) is -0.0596. The lowest BCUT2D eigenvalue weighted by atomic mass is 9.96. The first-order chi connectivity index (χ1) is 15.2. The Labute approximate surface area is 185 Å². The van der Waals surface area contributed by atoms with Crippen molar-refractivity contribution in [2.75, 3.05) is 20.2 Å². The van der Waals surface area contributed by atoms with Gasteiger partial charge in [0.25, 0.3) is 0 Å². The van der Waals surface area contributed by atoms with Crippen molar-refractivity contribution in [1.29, 1.82) is 0 Å². The van der Waals surface area contributed by atoms with Crippen LogP contribution in [0.25, 0.3) is 0 Å². The van der Waals surface area contributed by atoms with Crippen LogP contribution in [-0.4, -0.2) is 50.8 Å². The molecule has 7 nitrogen and oxygen atoms in total. The third-order valence-corrected chi connectivity index (χ3v) is 7.33. The second kappa shape index (κ2) is 10.2. The number of methoxy groups -OCH3 is 1. The van der Waals surface area contributed by atoms with Gasteiger partial charge in [-0.1, -0.05) is 30.3 Å². The minimum atomic E-state index is -4.23. The molecule has 172 valence electrons. The van der Waals surface area contributed by atoms with Crippen molar-refractivity contribution in [1.82, 2.24) is 9.62 Å². The summed E-state index contributed by atoms with van der Waals surface area (Å²) in [4.78, 5) is 24.2. The lowest BCUT2D eigenvalue weighted by molar-refractivity contribution is -0.145. The minimum Gasteiger partial charge on any atom is -0.467 e. The largest absolute Gasteiger partial charge is 0.467 e. The highest BCUT2D eigenvalue weighted by molar-refractivity contribution is 7.89. The normalized spacial score (nSPS) is 16.3. The molecule has 0 unspecified atom stereocenters. The first-order valence-electron chi connectivity index (χ1n) is 10.1. The van der Waals surface area contributed by atoms with Gasteiger partial charge >= 0.3 is 5.97 Å². The van der Waals surface area contributed by atoms with Crippen LogP contribution in [-0.2, 0) is 30.8 Å². The molecule has 1 amide bonds. The van der Waals surface area contributed by atoms with Crippen molar-refractivity contribution in [3.05, 3.63) is 65.7 Å². The van der Waals surface area contributed by atoms with Gasteiger partial charge in [-0.05, 0) is 36.6 Å². The van der Waals surface area contributed by atoms with E-state index < -0.39 is 44.5 Å². The number of benzene rings is 2. The molecule has 1 saturated heterocycles. The van der Waals surface area contributed by atoms with Crippen LogP contribution in [0.15, 0.2) is 53.4 Å². The van der Waals surface area contributed by atoms with E-state index in [-0.39, 0.29) is 38.3 Å². The molecule has 0 aromatic heterocycles. The molecule has 32 heavy (non-hydrogen) atoms. The van der Waals surface area contributed by atoms with Gasteiger partial charge in [0, 0.05) is 25.4 Å². The molecular formula is C22H24F2N2O5S. The van der Waals surface area contributed by atoms with E-state index in [0.717, 1.165) is 22.0 Å². The van der Waals surface area contributed by atoms with E-state index in [9.17, 15) is 26.8 Å². The molecule has 10 heteroatoms. The molecule has 3 rings (SSSR count). The molecule has 1 fully saturated rings. The summed E-state index contributed by atoms with van der Waals surface area (Å²) in [5.41, 5.74) is 0.848. The van der Waals surface area contributed by atoms with Crippen molar-refractivity contribution >= 4 is 21.9 Å². The van der Waals surface area contributed by atoms with Crippen LogP contribution in [0, 0.1) is 17.6 Å². The number of piperidine rings is 1. The van der Waals surface area contributed by atoms with Gasteiger partial charge in [-0.2, -0.15) is 4.31 Å². The molecule has 0 bridgehead atoms. The first kappa shape index (κ1) is 23.8. The monoisotopic (exact) mass is 466 g/mol. The molecule has 0 saturated carbocycles. The quantitative estimate of drug-likeness (QED) is 0.632. The molecule has 0 aliphatic carbocycles. The molecule has 1 atom stereocenters. The van der Waals surface area contributed by atoms with Gasteiger partial charge in [0.15, 0.2) is 0 Å². The molecule has 1 N–H and O–H groups in total. The topological polar surface area (TPSA) is 92.8 Å². The van der Waals surface area contributed by atoms with Gasteiger partial charge in [-0.15, -0.1) is 0 Å². The van der Waals surface area contributed by atoms with Crippen molar-refractivity contribution < 1.29 is 31.5 Å². The summed E-state index contributed by atoms with van der Waals surface area (Å²) in [6.07, 6.45) is 0.619. The van der Waals surface area contributed by atoms with Crippen LogP contribution in [0.1, 0.15) is 18.4 Å². The van der Waals surface area contributed by atoms with E-state index in [2.05, 4.69) is 5.32 Å². The fraction of sp³-hybridized carbons (Fsp3) is 0.364. The predicted octanol–water partition coefficient (Wildman–Crippen LogP) is 2.27. The Morgan fingerprint density at radius 2 is 1.78 bits per heavy atom. The van der Waals surface area contributed by atoms with Crippen LogP contribution in [0.3, 0.4) is 0 Å². The van der Waals surface area contributed by atoms with Gasteiger partial charge in [-0.3, -0.25) is 4.79 Å². The van der Waals surface area contributed by atoms with Gasteiger partial charge < -0.3 is 10.1 Å². The Hall–Kier alpha value is -2.85. The number of esters is 1. The summed E-state index contributed by atoms with van der Waals surface area (Å²) in [6, 6.07) is 10.5. The maximum absolute atomic E-state index is 14.0. The molecular weight excluding hydrogens is 442 g/mol. The molecule has 1 heterocycles. The average Bonchev–Trinajstić information content (AvgIpc) is 2.80. The van der Waals surface area contributed by atoms with Crippen molar-refractivity contribution in [2.45, 2.75) is 30.2 Å². The Morgan fingerprint density at radius 3 is 2.41 bits per heavy atom. The number of carbonyl (C=O) groups excluding carboxylic acids is 2. The summed E-state index contributed by atoms with van der Waals surface area (Å²) in [5, 5.41) is 2.70. The van der Waals surface area contributed by atoms with Gasteiger partial charge in [0.1, 0.15) is 22.6 Å². The van der Waals surface area contributed by atoms with Crippen LogP contribution in [0.5, 0.6) is 0 Å². The summed E-state index contributed by atoms with van der Waals surface area (Å²) >= 11 is 0. The SMILES string of the molecule is COC(=O)[C@H](Cc1ccccc1)NC(=O)C1CCN(S(=O)(=O)c2cc(F)ccc2F)CC1. The van der Waals surface area contributed by atoms with E-state index >= 15 is 0 Å². The van der Waals surface area contributed by atoms with Crippen molar-refractivity contribution in [3.63, 3.8) is 0 Å². The highest BCUT2D eigenvalue weighted by Crippen LogP contribution is 2.26. The number of nitrogens with one attached hydrogen (secondary N) is 1. The molecule has 0 radical (unpaired) electrons. The number of rotatable bonds is 7. The number of halogens is 2. The summed E-state index contributed by atoms with van der Waals surface area (Å²) in [7, 11) is -3.00. The van der Waals surface area contributed by atoms with Gasteiger partial charge in [0.05, 0.1) is 7.11 Å². The molecule has 1 aliphatic rings. The third kappa shape index (κ3) is 5.49. The number of ether oxygens (including phenoxy) is 1. The summed E-state index contributed by atoms with van der Waals surface area (Å²) < 4.78 is 58.7. The van der Waals surface area contributed by atoms with E-state index in [0.29, 0.717) is 6.07 Å². The Kier molecular flexibility index (Phi) is 7.57. The van der Waals surface area contributed by atoms with Gasteiger partial charge in [-0.25, -0.2) is 22.0 Å². The van der Waals surface area contributed by atoms with Crippen molar-refractivity contribution in [2.24, 2.45) is 5.92 Å². The Balaban J connectivity index is 1.64. The van der Waals surface area contributed by atoms with E-state index in [1.807, 2.05) is 30.3 Å². The number of hydrogen-bond donors (Lipinski definition) is 1. The highest BCUT2D eigenvalue weighted by atomic mass is 32.2. The second-order valence-corrected chi connectivity index (χ2v) is 9.43. The fourth-order valence-corrected chi connectivity index (χ4v) is 5.19. The lowest BCUT2D eigenvalue weighted by Crippen LogP contribution is -2.48. The highest BCUT2D eigenvalue weighted by Gasteiger charge is 2.35. The Morgan fingerprint density at radius 1 is 1.12 bits per heavy atom. The van der Waals surface area contributed by atoms with Crippen LogP contribution in [0.4, 0.5) is 8.78 Å². The van der Waals surface area contributed by atoms with Gasteiger partial charge in [0.2, 0.25) is 15.9 Å². The average molecular weight is 467 g/mol. The van der Waals surface area contributed by atoms with E-state index in [1.165, 1.54) is 7.11 Å². The predicted molar refractivity (Wildman–Crippen MR) is 112 cm³/mol. The third-order valence-electron chi connectivity index (χ3n) is 5.42. The fourth-order valence-electron chi connectivity index (χ4n) is 3.65. The standard InChI is InChI=1S/C22H24F2N2O5S/c1-31-22(28)19(13-15-5-3-2-4-6-15)25-21(27)16-9-11-26(12-10-16)32(29,30)20-14-17(23)7-8-18(20)24/h2-8,14,16,19H,9-13H2,1H3,(H,25,27)/t19-/m0/s1. The van der Waals surface area contributed by atoms with Crippen LogP contribution in [0.2, 0.25) is 0 Å². The van der Waals surface area contributed by atoms with Crippen LogP contribution >= 0.6 is 0 Å². The maximum atomic E-state index is 14.0. The maximum Gasteiger partial charge on any atom is 0.328 e. The Bertz CT molecular complexity index is 1070. The lowest BCUT2D eigenvalue weighted by Gasteiger charge is -2.31. The zero-order valence-corrected chi connectivity index (χ0v) is 18.3. The molecule has 1 aliphatic heterocycles. The number of carbonyl (C=O) groups is 2. The smallest absolute Gasteiger partial charge is 0.328 e. The number of nitrogens with zero attached hydrogens (tertiary/aromatic N) is 1. The second-order valence-electron chi connectivity index (χ2n) is 7.53. The zero-order chi connectivity index (χ0) is 23.3. The van der Waals surface area contributed by atoms with E-state index in [4.69, 9.17) is 4.74 Å². The molecule has 2 aromatic rings. The summed E-state index contributed by atoms with van der Waals surface area (Å²) in [5.74, 6) is -3.38. The number of sulfonamides is 1. The molecule has 2 aromatic carbocycles. The zero-order valence-electron chi connectivity index (χ0n) is 17.5. The first-order valence-corrected chi connectivity index (χ1v) is 11.5. The van der Waals surface area contributed by atoms with E-state index in [1.54, 1.807) is 0 Å². The number of hydrogen-bond acceptors (Lipinski definition) is 5. The molecule has 0 spiro atoms.